The molecule has 1 saturated heterocycles. The molecule has 4 heteroatoms. The molecule has 1 aromatic rings. The van der Waals surface area contributed by atoms with Crippen molar-refractivity contribution in [3.05, 3.63) is 34.9 Å². The first-order valence-electron chi connectivity index (χ1n) is 9.12. The summed E-state index contributed by atoms with van der Waals surface area (Å²) in [6.45, 7) is 11.3. The number of aryl methyl sites for hydroxylation is 2. The first-order valence-corrected chi connectivity index (χ1v) is 9.12. The summed E-state index contributed by atoms with van der Waals surface area (Å²) in [4.78, 5) is 26.9. The molecule has 0 spiro atoms. The molecule has 2 aliphatic rings. The van der Waals surface area contributed by atoms with Gasteiger partial charge in [-0.05, 0) is 55.6 Å². The Morgan fingerprint density at radius 3 is 2.60 bits per heavy atom. The molecule has 2 bridgehead atoms. The second kappa shape index (κ2) is 6.15. The monoisotopic (exact) mass is 343 g/mol. The van der Waals surface area contributed by atoms with Crippen LogP contribution >= 0.6 is 0 Å². The molecule has 136 valence electrons. The van der Waals surface area contributed by atoms with Crippen LogP contribution in [0, 0.1) is 24.7 Å². The van der Waals surface area contributed by atoms with Gasteiger partial charge >= 0.3 is 5.97 Å². The second-order valence-electron chi connectivity index (χ2n) is 9.13. The van der Waals surface area contributed by atoms with Crippen molar-refractivity contribution >= 4 is 11.9 Å². The lowest BCUT2D eigenvalue weighted by Gasteiger charge is -2.39. The van der Waals surface area contributed by atoms with E-state index in [4.69, 9.17) is 4.74 Å². The first-order chi connectivity index (χ1) is 11.6. The largest absolute Gasteiger partial charge is 0.452 e. The minimum absolute atomic E-state index is 0.0652. The van der Waals surface area contributed by atoms with Crippen molar-refractivity contribution in [1.82, 2.24) is 4.90 Å². The zero-order valence-electron chi connectivity index (χ0n) is 16.0. The molecule has 2 atom stereocenters. The third-order valence-electron chi connectivity index (χ3n) is 5.66. The molecule has 0 radical (unpaired) electrons. The number of nitrogens with zero attached hydrogens (tertiary/aromatic N) is 1. The number of rotatable bonds is 3. The molecular formula is C21H29NO3. The molecule has 2 unspecified atom stereocenters. The van der Waals surface area contributed by atoms with Crippen molar-refractivity contribution in [2.24, 2.45) is 10.8 Å². The summed E-state index contributed by atoms with van der Waals surface area (Å²) >= 11 is 0. The summed E-state index contributed by atoms with van der Waals surface area (Å²) in [5, 5.41) is 0. The molecule has 2 fully saturated rings. The van der Waals surface area contributed by atoms with Gasteiger partial charge in [-0.25, -0.2) is 4.79 Å². The van der Waals surface area contributed by atoms with Crippen molar-refractivity contribution in [1.29, 1.82) is 0 Å². The van der Waals surface area contributed by atoms with Crippen LogP contribution in [-0.2, 0) is 9.53 Å². The minimum atomic E-state index is -0.417. The van der Waals surface area contributed by atoms with E-state index in [2.05, 4.69) is 20.8 Å². The molecule has 0 aromatic heterocycles. The average molecular weight is 343 g/mol. The molecule has 1 aromatic carbocycles. The van der Waals surface area contributed by atoms with Gasteiger partial charge in [0.15, 0.2) is 6.61 Å². The molecule has 1 aliphatic carbocycles. The fourth-order valence-corrected chi connectivity index (χ4v) is 5.08. The van der Waals surface area contributed by atoms with Gasteiger partial charge < -0.3 is 9.64 Å². The van der Waals surface area contributed by atoms with Crippen molar-refractivity contribution in [2.45, 2.75) is 59.9 Å². The Labute approximate surface area is 150 Å². The van der Waals surface area contributed by atoms with Gasteiger partial charge in [-0.15, -0.1) is 0 Å². The van der Waals surface area contributed by atoms with Gasteiger partial charge in [0.2, 0.25) is 0 Å². The summed E-state index contributed by atoms with van der Waals surface area (Å²) in [6.07, 6.45) is 3.23. The van der Waals surface area contributed by atoms with Gasteiger partial charge in [-0.3, -0.25) is 4.79 Å². The van der Waals surface area contributed by atoms with Crippen LogP contribution in [0.25, 0.3) is 0 Å². The highest BCUT2D eigenvalue weighted by atomic mass is 16.5. The summed E-state index contributed by atoms with van der Waals surface area (Å²) in [5.74, 6) is -0.482. The Hall–Kier alpha value is -1.84. The Kier molecular flexibility index (Phi) is 4.42. The predicted octanol–water partition coefficient (Wildman–Crippen LogP) is 3.89. The molecule has 1 amide bonds. The van der Waals surface area contributed by atoms with Crippen molar-refractivity contribution in [3.8, 4) is 0 Å². The van der Waals surface area contributed by atoms with Crippen LogP contribution < -0.4 is 0 Å². The summed E-state index contributed by atoms with van der Waals surface area (Å²) in [7, 11) is 0. The lowest BCUT2D eigenvalue weighted by molar-refractivity contribution is -0.135. The Balaban J connectivity index is 1.62. The number of benzene rings is 1. The van der Waals surface area contributed by atoms with Gasteiger partial charge in [0.25, 0.3) is 5.91 Å². The zero-order chi connectivity index (χ0) is 18.4. The standard InChI is InChI=1S/C21H29NO3/c1-14-6-7-17(15(2)8-14)19(24)25-11-18(23)22-13-21(5)10-16(22)9-20(3,4)12-21/h6-8,16H,9-13H2,1-5H3. The van der Waals surface area contributed by atoms with E-state index >= 15 is 0 Å². The van der Waals surface area contributed by atoms with Gasteiger partial charge in [0.1, 0.15) is 0 Å². The number of hydrogen-bond acceptors (Lipinski definition) is 3. The van der Waals surface area contributed by atoms with E-state index in [-0.39, 0.29) is 29.4 Å². The van der Waals surface area contributed by atoms with Crippen molar-refractivity contribution in [2.75, 3.05) is 13.2 Å². The summed E-state index contributed by atoms with van der Waals surface area (Å²) in [6, 6.07) is 5.88. The molecule has 4 nitrogen and oxygen atoms in total. The summed E-state index contributed by atoms with van der Waals surface area (Å²) in [5.41, 5.74) is 2.97. The number of fused-ring (bicyclic) bond motifs is 2. The molecule has 1 heterocycles. The highest BCUT2D eigenvalue weighted by Crippen LogP contribution is 2.52. The zero-order valence-corrected chi connectivity index (χ0v) is 16.0. The predicted molar refractivity (Wildman–Crippen MR) is 97.4 cm³/mol. The highest BCUT2D eigenvalue weighted by molar-refractivity contribution is 5.92. The van der Waals surface area contributed by atoms with E-state index in [0.717, 1.165) is 36.9 Å². The quantitative estimate of drug-likeness (QED) is 0.782. The Morgan fingerprint density at radius 1 is 1.20 bits per heavy atom. The maximum Gasteiger partial charge on any atom is 0.338 e. The molecule has 1 aliphatic heterocycles. The van der Waals surface area contributed by atoms with E-state index in [0.29, 0.717) is 5.56 Å². The van der Waals surface area contributed by atoms with Crippen molar-refractivity contribution < 1.29 is 14.3 Å². The Morgan fingerprint density at radius 2 is 1.92 bits per heavy atom. The van der Waals surface area contributed by atoms with Crippen LogP contribution in [0.4, 0.5) is 0 Å². The van der Waals surface area contributed by atoms with Crippen LogP contribution in [0.15, 0.2) is 18.2 Å². The van der Waals surface area contributed by atoms with Gasteiger partial charge in [-0.2, -0.15) is 0 Å². The van der Waals surface area contributed by atoms with Crippen LogP contribution in [0.3, 0.4) is 0 Å². The maximum absolute atomic E-state index is 12.7. The fourth-order valence-electron chi connectivity index (χ4n) is 5.08. The van der Waals surface area contributed by atoms with Crippen LogP contribution in [0.2, 0.25) is 0 Å². The third kappa shape index (κ3) is 3.73. The van der Waals surface area contributed by atoms with Crippen LogP contribution in [0.1, 0.15) is 61.5 Å². The number of ether oxygens (including phenoxy) is 1. The topological polar surface area (TPSA) is 46.6 Å². The highest BCUT2D eigenvalue weighted by Gasteiger charge is 2.50. The maximum atomic E-state index is 12.7. The van der Waals surface area contributed by atoms with E-state index in [1.807, 2.05) is 30.9 Å². The SMILES string of the molecule is Cc1ccc(C(=O)OCC(=O)N2CC3(C)CC2CC(C)(C)C3)c(C)c1. The fraction of sp³-hybridized carbons (Fsp3) is 0.619. The number of carbonyl (C=O) groups excluding carboxylic acids is 2. The number of amides is 1. The van der Waals surface area contributed by atoms with E-state index < -0.39 is 5.97 Å². The molecular weight excluding hydrogens is 314 g/mol. The smallest absolute Gasteiger partial charge is 0.338 e. The number of likely N-dealkylation sites (tertiary alicyclic amines) is 1. The molecule has 3 rings (SSSR count). The number of esters is 1. The lowest BCUT2D eigenvalue weighted by atomic mass is 9.65. The number of hydrogen-bond donors (Lipinski definition) is 0. The lowest BCUT2D eigenvalue weighted by Crippen LogP contribution is -2.39. The van der Waals surface area contributed by atoms with Crippen LogP contribution in [0.5, 0.6) is 0 Å². The Bertz CT molecular complexity index is 709. The summed E-state index contributed by atoms with van der Waals surface area (Å²) < 4.78 is 5.33. The molecule has 25 heavy (non-hydrogen) atoms. The molecule has 0 N–H and O–H groups in total. The third-order valence-corrected chi connectivity index (χ3v) is 5.66. The average Bonchev–Trinajstić information content (AvgIpc) is 2.73. The number of carbonyl (C=O) groups is 2. The normalized spacial score (nSPS) is 27.2. The van der Waals surface area contributed by atoms with Crippen molar-refractivity contribution in [3.63, 3.8) is 0 Å². The second-order valence-corrected chi connectivity index (χ2v) is 9.13. The van der Waals surface area contributed by atoms with E-state index in [1.165, 1.54) is 0 Å². The first kappa shape index (κ1) is 18.0. The van der Waals surface area contributed by atoms with Gasteiger partial charge in [0.05, 0.1) is 5.56 Å². The van der Waals surface area contributed by atoms with E-state index in [9.17, 15) is 9.59 Å². The van der Waals surface area contributed by atoms with Crippen LogP contribution in [-0.4, -0.2) is 36.0 Å². The minimum Gasteiger partial charge on any atom is -0.452 e. The molecule has 1 saturated carbocycles. The van der Waals surface area contributed by atoms with E-state index in [1.54, 1.807) is 6.07 Å². The van der Waals surface area contributed by atoms with Gasteiger partial charge in [0, 0.05) is 12.6 Å². The van der Waals surface area contributed by atoms with Gasteiger partial charge in [-0.1, -0.05) is 38.5 Å².